The molecule has 1 N–H and O–H groups in total. The minimum absolute atomic E-state index is 0.0403. The maximum Gasteiger partial charge on any atom is 0.131 e. The fourth-order valence-corrected chi connectivity index (χ4v) is 9.50. The van der Waals surface area contributed by atoms with E-state index in [4.69, 9.17) is 4.99 Å². The van der Waals surface area contributed by atoms with Crippen LogP contribution >= 0.6 is 11.3 Å². The third-order valence-electron chi connectivity index (χ3n) is 11.9. The number of para-hydroxylation sites is 1. The van der Waals surface area contributed by atoms with Crippen LogP contribution in [0, 0.1) is 11.3 Å². The third-order valence-corrected chi connectivity index (χ3v) is 12.9. The number of nitrogens with zero attached hydrogens (tertiary/aromatic N) is 5. The highest BCUT2D eigenvalue weighted by molar-refractivity contribution is 7.18. The molecule has 3 aromatic carbocycles. The van der Waals surface area contributed by atoms with Crippen molar-refractivity contribution in [2.75, 3.05) is 27.2 Å². The number of dihydropyridines is 1. The Hall–Kier alpha value is -4.56. The quantitative estimate of drug-likeness (QED) is 0.187. The molecule has 0 saturated heterocycles. The van der Waals surface area contributed by atoms with Gasteiger partial charge in [0.25, 0.3) is 0 Å². The van der Waals surface area contributed by atoms with Crippen molar-refractivity contribution in [2.45, 2.75) is 52.0 Å². The number of likely N-dealkylation sites (N-methyl/N-ethyl adjacent to an activating group) is 2. The number of nitrogens with one attached hydrogen (secondary N) is 1. The van der Waals surface area contributed by atoms with Crippen LogP contribution in [0.15, 0.2) is 129 Å². The monoisotopic (exact) mass is 690 g/mol. The van der Waals surface area contributed by atoms with E-state index in [1.165, 1.54) is 54.3 Å². The summed E-state index contributed by atoms with van der Waals surface area (Å²) in [5.74, 6) is 1.30. The van der Waals surface area contributed by atoms with Gasteiger partial charge in [0.05, 0.1) is 11.0 Å². The summed E-state index contributed by atoms with van der Waals surface area (Å²) >= 11 is 1.83. The van der Waals surface area contributed by atoms with Crippen molar-refractivity contribution >= 4 is 55.3 Å². The van der Waals surface area contributed by atoms with Gasteiger partial charge in [0, 0.05) is 63.4 Å². The number of aromatic nitrogens is 1. The summed E-state index contributed by atoms with van der Waals surface area (Å²) in [4.78, 5) is 14.8. The molecule has 0 radical (unpaired) electrons. The van der Waals surface area contributed by atoms with Gasteiger partial charge < -0.3 is 9.88 Å². The van der Waals surface area contributed by atoms with Crippen LogP contribution in [0.1, 0.15) is 45.3 Å². The van der Waals surface area contributed by atoms with Gasteiger partial charge in [-0.1, -0.05) is 80.1 Å². The average Bonchev–Trinajstić information content (AvgIpc) is 3.76. The highest BCUT2D eigenvalue weighted by Crippen LogP contribution is 2.42. The molecule has 3 aliphatic heterocycles. The predicted octanol–water partition coefficient (Wildman–Crippen LogP) is 9.45. The smallest absolute Gasteiger partial charge is 0.131 e. The first kappa shape index (κ1) is 32.4. The summed E-state index contributed by atoms with van der Waals surface area (Å²) in [5.41, 5.74) is 8.95. The molecule has 0 fully saturated rings. The van der Waals surface area contributed by atoms with Crippen LogP contribution in [0.3, 0.4) is 0 Å². The molecule has 7 heteroatoms. The average molecular weight is 691 g/mol. The lowest BCUT2D eigenvalue weighted by Crippen LogP contribution is -2.51. The second-order valence-electron chi connectivity index (χ2n) is 15.2. The molecule has 0 saturated carbocycles. The number of rotatable bonds is 5. The van der Waals surface area contributed by atoms with Gasteiger partial charge in [-0.05, 0) is 92.2 Å². The molecule has 5 unspecified atom stereocenters. The van der Waals surface area contributed by atoms with Crippen molar-refractivity contribution in [1.29, 1.82) is 0 Å². The van der Waals surface area contributed by atoms with Gasteiger partial charge in [-0.15, -0.1) is 11.3 Å². The van der Waals surface area contributed by atoms with E-state index in [1.807, 2.05) is 17.6 Å². The molecule has 258 valence electrons. The van der Waals surface area contributed by atoms with Crippen LogP contribution in [0.2, 0.25) is 0 Å². The Morgan fingerprint density at radius 2 is 1.78 bits per heavy atom. The van der Waals surface area contributed by atoms with Crippen molar-refractivity contribution in [2.24, 2.45) is 21.3 Å². The zero-order chi connectivity index (χ0) is 34.9. The van der Waals surface area contributed by atoms with Crippen LogP contribution in [0.4, 0.5) is 0 Å². The SMILES string of the molecule is CC1CN=CC=C1C1N=C(C2=CCC(C)(C3=CCN(C)C(C)C3)C=C2)NC(c2ccc(-n3c4ccccc4c4c5sccc5ccc43)cc2)N1C. The largest absolute Gasteiger partial charge is 0.350 e. The minimum atomic E-state index is -0.0849. The van der Waals surface area contributed by atoms with Crippen molar-refractivity contribution in [3.05, 3.63) is 125 Å². The maximum atomic E-state index is 5.42. The van der Waals surface area contributed by atoms with E-state index >= 15 is 0 Å². The van der Waals surface area contributed by atoms with Gasteiger partial charge in [-0.2, -0.15) is 0 Å². The minimum Gasteiger partial charge on any atom is -0.350 e. The number of hydrogen-bond donors (Lipinski definition) is 1. The molecule has 9 rings (SSSR count). The lowest BCUT2D eigenvalue weighted by atomic mass is 9.72. The third kappa shape index (κ3) is 5.45. The fraction of sp³-hybridized carbons (Fsp3) is 0.318. The molecule has 2 aromatic heterocycles. The number of thiophene rings is 1. The van der Waals surface area contributed by atoms with Gasteiger partial charge in [0.15, 0.2) is 0 Å². The van der Waals surface area contributed by atoms with E-state index in [-0.39, 0.29) is 17.7 Å². The molecule has 0 amide bonds. The van der Waals surface area contributed by atoms with Gasteiger partial charge in [-0.25, -0.2) is 4.99 Å². The number of amidine groups is 1. The lowest BCUT2D eigenvalue weighted by molar-refractivity contribution is 0.166. The fourth-order valence-electron chi connectivity index (χ4n) is 8.54. The van der Waals surface area contributed by atoms with Crippen LogP contribution in [0.25, 0.3) is 37.6 Å². The van der Waals surface area contributed by atoms with E-state index in [2.05, 4.69) is 162 Å². The second-order valence-corrected chi connectivity index (χ2v) is 16.1. The van der Waals surface area contributed by atoms with Crippen LogP contribution in [0.5, 0.6) is 0 Å². The van der Waals surface area contributed by atoms with Gasteiger partial charge >= 0.3 is 0 Å². The van der Waals surface area contributed by atoms with E-state index in [0.717, 1.165) is 31.8 Å². The Kier molecular flexibility index (Phi) is 7.98. The van der Waals surface area contributed by atoms with E-state index in [9.17, 15) is 0 Å². The number of benzene rings is 3. The highest BCUT2D eigenvalue weighted by Gasteiger charge is 2.36. The summed E-state index contributed by atoms with van der Waals surface area (Å²) < 4.78 is 3.77. The lowest BCUT2D eigenvalue weighted by Gasteiger charge is -2.42. The Morgan fingerprint density at radius 1 is 0.941 bits per heavy atom. The summed E-state index contributed by atoms with van der Waals surface area (Å²) in [6.45, 7) is 8.82. The standard InChI is InChI=1S/C44H46N6S/c1-28-27-45-23-18-35(28)43-47-41(31-16-21-44(3,22-17-31)33-19-24-48(4)29(2)26-33)46-42(49(43)5)32-10-13-34(14-11-32)50-37-9-7-6-8-36(37)39-38(50)15-12-30-20-25-51-40(30)39/h6-21,23,25,28-29,42-43H,22,24,26-27H2,1-5H3,(H,46,47). The second kappa shape index (κ2) is 12.6. The Labute approximate surface area is 304 Å². The Balaban J connectivity index is 1.07. The van der Waals surface area contributed by atoms with E-state index in [1.54, 1.807) is 5.57 Å². The van der Waals surface area contributed by atoms with Crippen LogP contribution < -0.4 is 5.32 Å². The summed E-state index contributed by atoms with van der Waals surface area (Å²) in [6, 6.07) is 25.3. The molecular formula is C44H46N6S. The van der Waals surface area contributed by atoms with E-state index in [0.29, 0.717) is 12.0 Å². The summed E-state index contributed by atoms with van der Waals surface area (Å²) in [6.07, 6.45) is 15.7. The molecular weight excluding hydrogens is 645 g/mol. The van der Waals surface area contributed by atoms with Gasteiger partial charge in [0.1, 0.15) is 18.2 Å². The van der Waals surface area contributed by atoms with Crippen molar-refractivity contribution < 1.29 is 0 Å². The highest BCUT2D eigenvalue weighted by atomic mass is 32.1. The normalized spacial score (nSPS) is 27.4. The molecule has 4 aliphatic rings. The molecule has 5 atom stereocenters. The van der Waals surface area contributed by atoms with Crippen LogP contribution in [-0.4, -0.2) is 65.8 Å². The Morgan fingerprint density at radius 3 is 2.57 bits per heavy atom. The number of fused-ring (bicyclic) bond motifs is 5. The first-order chi connectivity index (χ1) is 24.8. The molecule has 1 aliphatic carbocycles. The molecule has 6 nitrogen and oxygen atoms in total. The summed E-state index contributed by atoms with van der Waals surface area (Å²) in [7, 11) is 4.42. The maximum absolute atomic E-state index is 5.42. The Bertz CT molecular complexity index is 2350. The zero-order valence-electron chi connectivity index (χ0n) is 30.2. The first-order valence-corrected chi connectivity index (χ1v) is 19.2. The van der Waals surface area contributed by atoms with Crippen molar-refractivity contribution in [3.63, 3.8) is 0 Å². The molecule has 0 bridgehead atoms. The zero-order valence-corrected chi connectivity index (χ0v) is 31.0. The van der Waals surface area contributed by atoms with Gasteiger partial charge in [-0.3, -0.25) is 14.8 Å². The van der Waals surface area contributed by atoms with Crippen LogP contribution in [-0.2, 0) is 0 Å². The number of aliphatic imine (C=N–C) groups is 2. The predicted molar refractivity (Wildman–Crippen MR) is 216 cm³/mol. The topological polar surface area (TPSA) is 48.2 Å². The van der Waals surface area contributed by atoms with E-state index < -0.39 is 0 Å². The van der Waals surface area contributed by atoms with Crippen molar-refractivity contribution in [1.82, 2.24) is 19.7 Å². The van der Waals surface area contributed by atoms with Gasteiger partial charge in [0.2, 0.25) is 0 Å². The molecule has 0 spiro atoms. The molecule has 5 aromatic rings. The molecule has 51 heavy (non-hydrogen) atoms. The molecule has 5 heterocycles. The summed E-state index contributed by atoms with van der Waals surface area (Å²) in [5, 5.41) is 10.0. The number of hydrogen-bond acceptors (Lipinski definition) is 6. The number of allylic oxidation sites excluding steroid dienone is 3. The van der Waals surface area contributed by atoms with Crippen molar-refractivity contribution in [3.8, 4) is 5.69 Å². The first-order valence-electron chi connectivity index (χ1n) is 18.3.